The number of aryl methyl sites for hydroxylation is 2. The van der Waals surface area contributed by atoms with Crippen LogP contribution in [0.1, 0.15) is 46.6 Å². The number of hydrogen-bond acceptors (Lipinski definition) is 4. The third kappa shape index (κ3) is 3.84. The average molecular weight is 358 g/mol. The molecule has 0 radical (unpaired) electrons. The van der Waals surface area contributed by atoms with Crippen LogP contribution in [0.5, 0.6) is 0 Å². The van der Waals surface area contributed by atoms with E-state index in [1.807, 2.05) is 13.8 Å². The normalized spacial score (nSPS) is 17.3. The van der Waals surface area contributed by atoms with Gasteiger partial charge in [-0.25, -0.2) is 4.39 Å². The molecule has 0 N–H and O–H groups in total. The van der Waals surface area contributed by atoms with Crippen LogP contribution < -0.4 is 0 Å². The second-order valence-corrected chi connectivity index (χ2v) is 6.83. The van der Waals surface area contributed by atoms with Crippen molar-refractivity contribution in [3.63, 3.8) is 0 Å². The number of Topliss-reactive ketones (excluding diaryl/α,β-unsaturated/α-hetero) is 1. The summed E-state index contributed by atoms with van der Waals surface area (Å²) in [6.45, 7) is 4.69. The van der Waals surface area contributed by atoms with Gasteiger partial charge in [-0.1, -0.05) is 17.3 Å². The SMILES string of the molecule is Cc1noc(C)c1CCC(=O)N1CCCC(C(=O)c2ccccc2F)C1. The van der Waals surface area contributed by atoms with Crippen molar-refractivity contribution in [1.82, 2.24) is 10.1 Å². The van der Waals surface area contributed by atoms with Crippen LogP contribution in [0.25, 0.3) is 0 Å². The van der Waals surface area contributed by atoms with Gasteiger partial charge < -0.3 is 9.42 Å². The average Bonchev–Trinajstić information content (AvgIpc) is 2.97. The van der Waals surface area contributed by atoms with E-state index in [2.05, 4.69) is 5.16 Å². The van der Waals surface area contributed by atoms with E-state index in [4.69, 9.17) is 4.52 Å². The van der Waals surface area contributed by atoms with Gasteiger partial charge in [-0.15, -0.1) is 0 Å². The smallest absolute Gasteiger partial charge is 0.222 e. The number of ketones is 1. The molecular weight excluding hydrogens is 335 g/mol. The molecular formula is C20H23FN2O3. The molecule has 1 aliphatic heterocycles. The highest BCUT2D eigenvalue weighted by Gasteiger charge is 2.30. The molecule has 0 spiro atoms. The Labute approximate surface area is 152 Å². The molecule has 5 nitrogen and oxygen atoms in total. The number of rotatable bonds is 5. The molecule has 138 valence electrons. The second-order valence-electron chi connectivity index (χ2n) is 6.83. The fraction of sp³-hybridized carbons (Fsp3) is 0.450. The highest BCUT2D eigenvalue weighted by Crippen LogP contribution is 2.23. The fourth-order valence-corrected chi connectivity index (χ4v) is 3.55. The number of likely N-dealkylation sites (tertiary alicyclic amines) is 1. The lowest BCUT2D eigenvalue weighted by atomic mass is 9.89. The number of aromatic nitrogens is 1. The number of carbonyl (C=O) groups is 2. The van der Waals surface area contributed by atoms with Crippen LogP contribution in [-0.2, 0) is 11.2 Å². The molecule has 1 aliphatic rings. The van der Waals surface area contributed by atoms with Crippen LogP contribution in [0.4, 0.5) is 4.39 Å². The van der Waals surface area contributed by atoms with Crippen LogP contribution >= 0.6 is 0 Å². The Bertz CT molecular complexity index is 796. The van der Waals surface area contributed by atoms with Crippen LogP contribution in [0.15, 0.2) is 28.8 Å². The van der Waals surface area contributed by atoms with Gasteiger partial charge in [0.15, 0.2) is 5.78 Å². The quantitative estimate of drug-likeness (QED) is 0.768. The predicted octanol–water partition coefficient (Wildman–Crippen LogP) is 3.48. The number of hydrogen-bond donors (Lipinski definition) is 0. The zero-order valence-electron chi connectivity index (χ0n) is 15.1. The Hall–Kier alpha value is -2.50. The van der Waals surface area contributed by atoms with Crippen molar-refractivity contribution < 1.29 is 18.5 Å². The third-order valence-corrected chi connectivity index (χ3v) is 5.05. The molecule has 0 aliphatic carbocycles. The van der Waals surface area contributed by atoms with Crippen LogP contribution in [0, 0.1) is 25.6 Å². The number of amides is 1. The van der Waals surface area contributed by atoms with E-state index in [-0.39, 0.29) is 23.2 Å². The van der Waals surface area contributed by atoms with E-state index >= 15 is 0 Å². The predicted molar refractivity (Wildman–Crippen MR) is 94.3 cm³/mol. The molecule has 1 fully saturated rings. The standard InChI is InChI=1S/C20H23FN2O3/c1-13-16(14(2)26-22-13)9-10-19(24)23-11-5-6-15(12-23)20(25)17-7-3-4-8-18(17)21/h3-4,7-8,15H,5-6,9-12H2,1-2H3. The number of benzene rings is 1. The Morgan fingerprint density at radius 2 is 2.08 bits per heavy atom. The summed E-state index contributed by atoms with van der Waals surface area (Å²) in [7, 11) is 0. The van der Waals surface area contributed by atoms with Crippen molar-refractivity contribution in [3.05, 3.63) is 52.7 Å². The van der Waals surface area contributed by atoms with Gasteiger partial charge in [0.1, 0.15) is 11.6 Å². The molecule has 2 aromatic rings. The summed E-state index contributed by atoms with van der Waals surface area (Å²) >= 11 is 0. The van der Waals surface area contributed by atoms with Gasteiger partial charge in [0, 0.05) is 31.0 Å². The highest BCUT2D eigenvalue weighted by atomic mass is 19.1. The first kappa shape index (κ1) is 18.3. The maximum Gasteiger partial charge on any atom is 0.222 e. The number of piperidine rings is 1. The van der Waals surface area contributed by atoms with Gasteiger partial charge in [0.2, 0.25) is 5.91 Å². The molecule has 1 unspecified atom stereocenters. The molecule has 1 saturated heterocycles. The maximum atomic E-state index is 13.9. The van der Waals surface area contributed by atoms with E-state index in [0.717, 1.165) is 23.4 Å². The van der Waals surface area contributed by atoms with Crippen molar-refractivity contribution in [2.45, 2.75) is 39.5 Å². The summed E-state index contributed by atoms with van der Waals surface area (Å²) < 4.78 is 19.0. The number of nitrogens with zero attached hydrogens (tertiary/aromatic N) is 2. The van der Waals surface area contributed by atoms with Crippen LogP contribution in [0.2, 0.25) is 0 Å². The zero-order chi connectivity index (χ0) is 18.7. The summed E-state index contributed by atoms with van der Waals surface area (Å²) in [6, 6.07) is 6.03. The molecule has 0 bridgehead atoms. The number of carbonyl (C=O) groups excluding carboxylic acids is 2. The van der Waals surface area contributed by atoms with Crippen molar-refractivity contribution >= 4 is 11.7 Å². The van der Waals surface area contributed by atoms with Crippen LogP contribution in [-0.4, -0.2) is 34.8 Å². The van der Waals surface area contributed by atoms with E-state index in [9.17, 15) is 14.0 Å². The van der Waals surface area contributed by atoms with Gasteiger partial charge >= 0.3 is 0 Å². The van der Waals surface area contributed by atoms with E-state index in [1.165, 1.54) is 12.1 Å². The molecule has 1 aromatic heterocycles. The van der Waals surface area contributed by atoms with Crippen LogP contribution in [0.3, 0.4) is 0 Å². The summed E-state index contributed by atoms with van der Waals surface area (Å²) in [5.74, 6) is -0.313. The zero-order valence-corrected chi connectivity index (χ0v) is 15.1. The first-order chi connectivity index (χ1) is 12.5. The minimum Gasteiger partial charge on any atom is -0.361 e. The lowest BCUT2D eigenvalue weighted by Gasteiger charge is -2.32. The Morgan fingerprint density at radius 1 is 1.31 bits per heavy atom. The highest BCUT2D eigenvalue weighted by molar-refractivity contribution is 5.98. The van der Waals surface area contributed by atoms with Crippen molar-refractivity contribution in [2.24, 2.45) is 5.92 Å². The van der Waals surface area contributed by atoms with Gasteiger partial charge in [0.25, 0.3) is 0 Å². The largest absolute Gasteiger partial charge is 0.361 e. The molecule has 6 heteroatoms. The Balaban J connectivity index is 1.62. The lowest BCUT2D eigenvalue weighted by molar-refractivity contribution is -0.132. The van der Waals surface area contributed by atoms with E-state index in [0.29, 0.717) is 32.4 Å². The van der Waals surface area contributed by atoms with Gasteiger partial charge in [-0.05, 0) is 45.2 Å². The number of halogens is 1. The molecule has 0 saturated carbocycles. The third-order valence-electron chi connectivity index (χ3n) is 5.05. The van der Waals surface area contributed by atoms with Gasteiger partial charge in [0.05, 0.1) is 11.3 Å². The van der Waals surface area contributed by atoms with Crippen molar-refractivity contribution in [2.75, 3.05) is 13.1 Å². The molecule has 1 aromatic carbocycles. The van der Waals surface area contributed by atoms with Crippen molar-refractivity contribution in [1.29, 1.82) is 0 Å². The summed E-state index contributed by atoms with van der Waals surface area (Å²) in [5.41, 5.74) is 1.89. The monoisotopic (exact) mass is 358 g/mol. The molecule has 2 heterocycles. The summed E-state index contributed by atoms with van der Waals surface area (Å²) in [6.07, 6.45) is 2.36. The maximum absolute atomic E-state index is 13.9. The van der Waals surface area contributed by atoms with E-state index < -0.39 is 5.82 Å². The minimum absolute atomic E-state index is 0.0102. The summed E-state index contributed by atoms with van der Waals surface area (Å²) in [4.78, 5) is 26.9. The molecule has 3 rings (SSSR count). The summed E-state index contributed by atoms with van der Waals surface area (Å²) in [5, 5.41) is 3.90. The lowest BCUT2D eigenvalue weighted by Crippen LogP contribution is -2.42. The van der Waals surface area contributed by atoms with Gasteiger partial charge in [-0.2, -0.15) is 0 Å². The fourth-order valence-electron chi connectivity index (χ4n) is 3.55. The first-order valence-electron chi connectivity index (χ1n) is 8.95. The Morgan fingerprint density at radius 3 is 2.77 bits per heavy atom. The van der Waals surface area contributed by atoms with Crippen molar-refractivity contribution in [3.8, 4) is 0 Å². The molecule has 1 atom stereocenters. The first-order valence-corrected chi connectivity index (χ1v) is 8.95. The molecule has 1 amide bonds. The van der Waals surface area contributed by atoms with Gasteiger partial charge in [-0.3, -0.25) is 9.59 Å². The Kier molecular flexibility index (Phi) is 5.49. The molecule has 26 heavy (non-hydrogen) atoms. The second kappa shape index (κ2) is 7.81. The van der Waals surface area contributed by atoms with E-state index in [1.54, 1.807) is 17.0 Å². The minimum atomic E-state index is -0.501. The topological polar surface area (TPSA) is 63.4 Å².